The Kier molecular flexibility index (Phi) is 4.60. The van der Waals surface area contributed by atoms with Gasteiger partial charge in [-0.1, -0.05) is 6.07 Å². The van der Waals surface area contributed by atoms with Gasteiger partial charge in [0.2, 0.25) is 0 Å². The molecular formula is C18H24N4O2. The number of hydrogen-bond donors (Lipinski definition) is 0. The van der Waals surface area contributed by atoms with Gasteiger partial charge in [0.1, 0.15) is 0 Å². The molecule has 6 nitrogen and oxygen atoms in total. The molecule has 0 unspecified atom stereocenters. The smallest absolute Gasteiger partial charge is 0.0992 e. The number of pyridine rings is 1. The highest BCUT2D eigenvalue weighted by Crippen LogP contribution is 2.33. The first-order valence-corrected chi connectivity index (χ1v) is 8.63. The molecular weight excluding hydrogens is 304 g/mol. The van der Waals surface area contributed by atoms with Gasteiger partial charge in [-0.2, -0.15) is 5.10 Å². The van der Waals surface area contributed by atoms with Crippen LogP contribution in [0, 0.1) is 0 Å². The molecule has 1 saturated carbocycles. The molecule has 3 atom stereocenters. The van der Waals surface area contributed by atoms with Gasteiger partial charge in [0, 0.05) is 50.3 Å². The SMILES string of the molecule is Cn1cc(CN2CCO[C@@H]3[C@@H](OCc4cccnc4)CC[C@@H]32)cn1. The summed E-state index contributed by atoms with van der Waals surface area (Å²) in [6.07, 6.45) is 10.2. The molecule has 2 aromatic rings. The van der Waals surface area contributed by atoms with E-state index in [0.717, 1.165) is 38.1 Å². The maximum atomic E-state index is 6.15. The van der Waals surface area contributed by atoms with Crippen molar-refractivity contribution >= 4 is 0 Å². The van der Waals surface area contributed by atoms with Crippen molar-refractivity contribution < 1.29 is 9.47 Å². The van der Waals surface area contributed by atoms with Crippen molar-refractivity contribution in [1.82, 2.24) is 19.7 Å². The fourth-order valence-electron chi connectivity index (χ4n) is 3.84. The molecule has 0 amide bonds. The number of aromatic nitrogens is 3. The van der Waals surface area contributed by atoms with E-state index in [0.29, 0.717) is 12.6 Å². The molecule has 4 rings (SSSR count). The van der Waals surface area contributed by atoms with E-state index < -0.39 is 0 Å². The van der Waals surface area contributed by atoms with Crippen molar-refractivity contribution in [2.45, 2.75) is 44.2 Å². The van der Waals surface area contributed by atoms with Gasteiger partial charge >= 0.3 is 0 Å². The molecule has 0 radical (unpaired) electrons. The summed E-state index contributed by atoms with van der Waals surface area (Å²) >= 11 is 0. The van der Waals surface area contributed by atoms with Crippen molar-refractivity contribution in [3.8, 4) is 0 Å². The zero-order valence-corrected chi connectivity index (χ0v) is 14.0. The normalized spacial score (nSPS) is 27.3. The summed E-state index contributed by atoms with van der Waals surface area (Å²) in [6, 6.07) is 4.44. The van der Waals surface area contributed by atoms with Gasteiger partial charge in [0.05, 0.1) is 31.6 Å². The number of nitrogens with zero attached hydrogens (tertiary/aromatic N) is 4. The highest BCUT2D eigenvalue weighted by Gasteiger charge is 2.43. The molecule has 24 heavy (non-hydrogen) atoms. The summed E-state index contributed by atoms with van der Waals surface area (Å²) in [5.41, 5.74) is 2.38. The van der Waals surface area contributed by atoms with E-state index in [1.165, 1.54) is 5.56 Å². The van der Waals surface area contributed by atoms with E-state index in [1.807, 2.05) is 30.2 Å². The Morgan fingerprint density at radius 2 is 2.25 bits per heavy atom. The minimum absolute atomic E-state index is 0.173. The maximum absolute atomic E-state index is 6.15. The second kappa shape index (κ2) is 7.01. The van der Waals surface area contributed by atoms with Crippen LogP contribution in [0.3, 0.4) is 0 Å². The molecule has 1 saturated heterocycles. The van der Waals surface area contributed by atoms with E-state index >= 15 is 0 Å². The second-order valence-electron chi connectivity index (χ2n) is 6.68. The van der Waals surface area contributed by atoms with Gasteiger partial charge in [-0.05, 0) is 24.5 Å². The van der Waals surface area contributed by atoms with Crippen molar-refractivity contribution in [3.05, 3.63) is 48.0 Å². The Balaban J connectivity index is 1.37. The van der Waals surface area contributed by atoms with E-state index in [4.69, 9.17) is 9.47 Å². The first-order chi connectivity index (χ1) is 11.8. The highest BCUT2D eigenvalue weighted by atomic mass is 16.5. The van der Waals surface area contributed by atoms with Crippen molar-refractivity contribution in [3.63, 3.8) is 0 Å². The zero-order valence-electron chi connectivity index (χ0n) is 14.0. The number of rotatable bonds is 5. The van der Waals surface area contributed by atoms with Gasteiger partial charge in [-0.25, -0.2) is 0 Å². The zero-order chi connectivity index (χ0) is 16.4. The van der Waals surface area contributed by atoms with Crippen LogP contribution in [0.25, 0.3) is 0 Å². The largest absolute Gasteiger partial charge is 0.373 e. The molecule has 0 aromatic carbocycles. The van der Waals surface area contributed by atoms with Crippen LogP contribution in [0.5, 0.6) is 0 Å². The first kappa shape index (κ1) is 15.7. The molecule has 2 aromatic heterocycles. The lowest BCUT2D eigenvalue weighted by Gasteiger charge is -2.38. The Morgan fingerprint density at radius 3 is 3.04 bits per heavy atom. The lowest BCUT2D eigenvalue weighted by Crippen LogP contribution is -2.51. The average Bonchev–Trinajstić information content (AvgIpc) is 3.21. The van der Waals surface area contributed by atoms with E-state index in [1.54, 1.807) is 6.20 Å². The molecule has 128 valence electrons. The second-order valence-corrected chi connectivity index (χ2v) is 6.68. The Hall–Kier alpha value is -1.76. The predicted octanol–water partition coefficient (Wildman–Crippen LogP) is 1.76. The van der Waals surface area contributed by atoms with Crippen LogP contribution in [-0.2, 0) is 29.7 Å². The number of morpholine rings is 1. The van der Waals surface area contributed by atoms with Crippen molar-refractivity contribution in [2.24, 2.45) is 7.05 Å². The Bertz CT molecular complexity index is 660. The summed E-state index contributed by atoms with van der Waals surface area (Å²) in [5.74, 6) is 0. The molecule has 0 bridgehead atoms. The molecule has 0 N–H and O–H groups in total. The van der Waals surface area contributed by atoms with Crippen LogP contribution < -0.4 is 0 Å². The van der Waals surface area contributed by atoms with Gasteiger partial charge in [0.15, 0.2) is 0 Å². The third-order valence-corrected chi connectivity index (χ3v) is 4.98. The molecule has 0 spiro atoms. The van der Waals surface area contributed by atoms with Crippen LogP contribution in [0.1, 0.15) is 24.0 Å². The van der Waals surface area contributed by atoms with Crippen LogP contribution in [0.15, 0.2) is 36.9 Å². The standard InChI is InChI=1S/C18H24N4O2/c1-21-11-15(10-20-21)12-22-7-8-23-18-16(22)4-5-17(18)24-13-14-3-2-6-19-9-14/h2-3,6,9-11,16-18H,4-5,7-8,12-13H2,1H3/t16-,17-,18-/m0/s1. The summed E-state index contributed by atoms with van der Waals surface area (Å²) < 4.78 is 14.1. The summed E-state index contributed by atoms with van der Waals surface area (Å²) in [4.78, 5) is 6.67. The van der Waals surface area contributed by atoms with Crippen LogP contribution >= 0.6 is 0 Å². The molecule has 3 heterocycles. The lowest BCUT2D eigenvalue weighted by molar-refractivity contribution is -0.118. The Morgan fingerprint density at radius 1 is 1.29 bits per heavy atom. The van der Waals surface area contributed by atoms with E-state index in [2.05, 4.69) is 27.2 Å². The number of aryl methyl sites for hydroxylation is 1. The lowest BCUT2D eigenvalue weighted by atomic mass is 10.1. The third kappa shape index (κ3) is 3.36. The van der Waals surface area contributed by atoms with Crippen LogP contribution in [0.2, 0.25) is 0 Å². The molecule has 2 aliphatic rings. The number of ether oxygens (including phenoxy) is 2. The minimum atomic E-state index is 0.173. The summed E-state index contributed by atoms with van der Waals surface area (Å²) in [7, 11) is 1.96. The maximum Gasteiger partial charge on any atom is 0.0992 e. The quantitative estimate of drug-likeness (QED) is 0.837. The van der Waals surface area contributed by atoms with Gasteiger partial charge in [-0.15, -0.1) is 0 Å². The molecule has 6 heteroatoms. The predicted molar refractivity (Wildman–Crippen MR) is 89.2 cm³/mol. The van der Waals surface area contributed by atoms with Gasteiger partial charge in [0.25, 0.3) is 0 Å². The number of fused-ring (bicyclic) bond motifs is 1. The Labute approximate surface area is 142 Å². The fraction of sp³-hybridized carbons (Fsp3) is 0.556. The average molecular weight is 328 g/mol. The van der Waals surface area contributed by atoms with E-state index in [9.17, 15) is 0 Å². The van der Waals surface area contributed by atoms with Crippen LogP contribution in [0.4, 0.5) is 0 Å². The van der Waals surface area contributed by atoms with Crippen LogP contribution in [-0.4, -0.2) is 51.1 Å². The van der Waals surface area contributed by atoms with Crippen molar-refractivity contribution in [1.29, 1.82) is 0 Å². The molecule has 1 aliphatic heterocycles. The fourth-order valence-corrected chi connectivity index (χ4v) is 3.84. The van der Waals surface area contributed by atoms with E-state index in [-0.39, 0.29) is 12.2 Å². The molecule has 2 fully saturated rings. The third-order valence-electron chi connectivity index (χ3n) is 4.98. The first-order valence-electron chi connectivity index (χ1n) is 8.63. The highest BCUT2D eigenvalue weighted by molar-refractivity contribution is 5.08. The van der Waals surface area contributed by atoms with Gasteiger partial charge < -0.3 is 9.47 Å². The number of hydrogen-bond acceptors (Lipinski definition) is 5. The van der Waals surface area contributed by atoms with Gasteiger partial charge in [-0.3, -0.25) is 14.6 Å². The minimum Gasteiger partial charge on any atom is -0.373 e. The topological polar surface area (TPSA) is 52.4 Å². The van der Waals surface area contributed by atoms with Crippen molar-refractivity contribution in [2.75, 3.05) is 13.2 Å². The monoisotopic (exact) mass is 328 g/mol. The summed E-state index contributed by atoms with van der Waals surface area (Å²) in [5, 5.41) is 4.27. The summed E-state index contributed by atoms with van der Waals surface area (Å²) in [6.45, 7) is 3.29. The molecule has 1 aliphatic carbocycles.